The van der Waals surface area contributed by atoms with Gasteiger partial charge in [0.2, 0.25) is 0 Å². The lowest BCUT2D eigenvalue weighted by Crippen LogP contribution is -2.25. The summed E-state index contributed by atoms with van der Waals surface area (Å²) in [5, 5.41) is 8.86. The number of anilines is 1. The number of thiazole rings is 1. The number of imidazole rings is 1. The molecule has 0 amide bonds. The fraction of sp³-hybridized carbons (Fsp3) is 0.273. The molecule has 8 nitrogen and oxygen atoms in total. The number of nitrogens with zero attached hydrogens (tertiary/aromatic N) is 4. The zero-order valence-electron chi connectivity index (χ0n) is 11.4. The van der Waals surface area contributed by atoms with Crippen LogP contribution in [0.25, 0.3) is 4.96 Å². The van der Waals surface area contributed by atoms with Crippen LogP contribution in [0.5, 0.6) is 0 Å². The molecule has 112 valence electrons. The van der Waals surface area contributed by atoms with Crippen molar-refractivity contribution in [3.05, 3.63) is 29.5 Å². The molecule has 0 bridgehead atoms. The van der Waals surface area contributed by atoms with Crippen LogP contribution in [0.3, 0.4) is 0 Å². The third-order valence-corrected chi connectivity index (χ3v) is 5.10. The van der Waals surface area contributed by atoms with Crippen LogP contribution in [-0.2, 0) is 23.6 Å². The normalized spacial score (nSPS) is 12.1. The highest BCUT2D eigenvalue weighted by atomic mass is 32.2. The van der Waals surface area contributed by atoms with Crippen molar-refractivity contribution in [3.63, 3.8) is 0 Å². The lowest BCUT2D eigenvalue weighted by Gasteiger charge is -2.06. The minimum absolute atomic E-state index is 0.109. The largest absolute Gasteiger partial charge is 0.371 e. The topological polar surface area (TPSA) is 93.3 Å². The zero-order chi connectivity index (χ0) is 15.0. The van der Waals surface area contributed by atoms with E-state index in [1.54, 1.807) is 47.0 Å². The standard InChI is InChI=1S/C11H14N6O2S2/c1-12-9-10(17-5-6-20-11(17)14-9)21(18,19)13-7-8-3-4-16(2)15-8/h3-6,12-13H,7H2,1-2H3. The summed E-state index contributed by atoms with van der Waals surface area (Å²) >= 11 is 1.38. The first-order chi connectivity index (χ1) is 10.0. The minimum Gasteiger partial charge on any atom is -0.371 e. The lowest BCUT2D eigenvalue weighted by molar-refractivity contribution is 0.575. The van der Waals surface area contributed by atoms with Gasteiger partial charge >= 0.3 is 0 Å². The third kappa shape index (κ3) is 2.52. The van der Waals surface area contributed by atoms with Gasteiger partial charge in [0, 0.05) is 31.9 Å². The van der Waals surface area contributed by atoms with E-state index in [0.717, 1.165) is 0 Å². The maximum Gasteiger partial charge on any atom is 0.260 e. The molecule has 0 spiro atoms. The van der Waals surface area contributed by atoms with E-state index in [9.17, 15) is 8.42 Å². The summed E-state index contributed by atoms with van der Waals surface area (Å²) in [6, 6.07) is 1.76. The van der Waals surface area contributed by atoms with Crippen LogP contribution < -0.4 is 10.0 Å². The van der Waals surface area contributed by atoms with Gasteiger partial charge in [-0.1, -0.05) is 0 Å². The summed E-state index contributed by atoms with van der Waals surface area (Å²) in [4.78, 5) is 4.87. The van der Waals surface area contributed by atoms with Crippen molar-refractivity contribution in [2.75, 3.05) is 12.4 Å². The monoisotopic (exact) mass is 326 g/mol. The number of hydrogen-bond acceptors (Lipinski definition) is 6. The zero-order valence-corrected chi connectivity index (χ0v) is 13.1. The first-order valence-electron chi connectivity index (χ1n) is 6.13. The molecule has 3 aromatic rings. The Morgan fingerprint density at radius 2 is 2.19 bits per heavy atom. The summed E-state index contributed by atoms with van der Waals surface area (Å²) in [7, 11) is -0.276. The van der Waals surface area contributed by atoms with Crippen molar-refractivity contribution < 1.29 is 8.42 Å². The Hall–Kier alpha value is -1.91. The molecule has 3 heterocycles. The van der Waals surface area contributed by atoms with Crippen molar-refractivity contribution in [2.24, 2.45) is 7.05 Å². The van der Waals surface area contributed by atoms with E-state index in [0.29, 0.717) is 16.5 Å². The summed E-state index contributed by atoms with van der Waals surface area (Å²) < 4.78 is 30.8. The Labute approximate surface area is 125 Å². The highest BCUT2D eigenvalue weighted by Gasteiger charge is 2.25. The Morgan fingerprint density at radius 1 is 1.38 bits per heavy atom. The predicted octanol–water partition coefficient (Wildman–Crippen LogP) is 0.649. The van der Waals surface area contributed by atoms with Crippen molar-refractivity contribution in [3.8, 4) is 0 Å². The van der Waals surface area contributed by atoms with Gasteiger partial charge in [0.05, 0.1) is 12.2 Å². The van der Waals surface area contributed by atoms with Crippen LogP contribution in [-0.4, -0.2) is 34.6 Å². The highest BCUT2D eigenvalue weighted by molar-refractivity contribution is 7.89. The molecule has 0 aliphatic carbocycles. The van der Waals surface area contributed by atoms with Gasteiger partial charge in [-0.3, -0.25) is 9.08 Å². The van der Waals surface area contributed by atoms with Crippen molar-refractivity contribution in [1.82, 2.24) is 23.9 Å². The Bertz CT molecular complexity index is 876. The van der Waals surface area contributed by atoms with Gasteiger partial charge in [-0.05, 0) is 6.07 Å². The van der Waals surface area contributed by atoms with Gasteiger partial charge in [-0.25, -0.2) is 18.1 Å². The van der Waals surface area contributed by atoms with Crippen LogP contribution in [0, 0.1) is 0 Å². The Kier molecular flexibility index (Phi) is 3.43. The molecule has 2 N–H and O–H groups in total. The second-order valence-electron chi connectivity index (χ2n) is 4.38. The summed E-state index contributed by atoms with van der Waals surface area (Å²) in [5.41, 5.74) is 0.651. The van der Waals surface area contributed by atoms with Crippen molar-refractivity contribution in [1.29, 1.82) is 0 Å². The fourth-order valence-corrected chi connectivity index (χ4v) is 4.03. The molecule has 0 aliphatic rings. The first-order valence-corrected chi connectivity index (χ1v) is 8.49. The molecular weight excluding hydrogens is 312 g/mol. The molecule has 3 rings (SSSR count). The maximum atomic E-state index is 12.5. The number of aromatic nitrogens is 4. The number of fused-ring (bicyclic) bond motifs is 1. The molecule has 10 heteroatoms. The van der Waals surface area contributed by atoms with Crippen molar-refractivity contribution >= 4 is 32.1 Å². The van der Waals surface area contributed by atoms with Crippen LogP contribution in [0.4, 0.5) is 5.82 Å². The van der Waals surface area contributed by atoms with E-state index in [1.165, 1.54) is 11.3 Å². The molecular formula is C11H14N6O2S2. The molecule has 21 heavy (non-hydrogen) atoms. The average Bonchev–Trinajstić information content (AvgIpc) is 3.10. The fourth-order valence-electron chi connectivity index (χ4n) is 1.98. The summed E-state index contributed by atoms with van der Waals surface area (Å²) in [6.45, 7) is 0.129. The molecule has 0 aliphatic heterocycles. The van der Waals surface area contributed by atoms with Gasteiger partial charge in [-0.15, -0.1) is 11.3 Å². The number of sulfonamides is 1. The van der Waals surface area contributed by atoms with E-state index >= 15 is 0 Å². The number of hydrogen-bond donors (Lipinski definition) is 2. The van der Waals surface area contributed by atoms with Gasteiger partial charge in [0.15, 0.2) is 15.8 Å². The van der Waals surface area contributed by atoms with Crippen LogP contribution in [0.2, 0.25) is 0 Å². The molecule has 0 aromatic carbocycles. The molecule has 0 radical (unpaired) electrons. The van der Waals surface area contributed by atoms with Gasteiger partial charge in [-0.2, -0.15) is 5.10 Å². The van der Waals surface area contributed by atoms with Crippen LogP contribution >= 0.6 is 11.3 Å². The number of aryl methyl sites for hydroxylation is 1. The Balaban J connectivity index is 1.94. The smallest absolute Gasteiger partial charge is 0.260 e. The van der Waals surface area contributed by atoms with Gasteiger partial charge < -0.3 is 5.32 Å². The summed E-state index contributed by atoms with van der Waals surface area (Å²) in [5.74, 6) is 0.329. The van der Waals surface area contributed by atoms with Crippen LogP contribution in [0.15, 0.2) is 28.9 Å². The van der Waals surface area contributed by atoms with Crippen molar-refractivity contribution in [2.45, 2.75) is 11.6 Å². The highest BCUT2D eigenvalue weighted by Crippen LogP contribution is 2.25. The molecule has 3 aromatic heterocycles. The molecule has 0 fully saturated rings. The molecule has 0 unspecified atom stereocenters. The molecule has 0 atom stereocenters. The van der Waals surface area contributed by atoms with E-state index in [4.69, 9.17) is 0 Å². The second kappa shape index (κ2) is 5.13. The predicted molar refractivity (Wildman–Crippen MR) is 79.8 cm³/mol. The minimum atomic E-state index is -3.70. The molecule has 0 saturated carbocycles. The van der Waals surface area contributed by atoms with Crippen LogP contribution in [0.1, 0.15) is 5.69 Å². The first kappa shape index (κ1) is 14.0. The number of nitrogens with one attached hydrogen (secondary N) is 2. The van der Waals surface area contributed by atoms with E-state index in [2.05, 4.69) is 20.1 Å². The van der Waals surface area contributed by atoms with E-state index < -0.39 is 10.0 Å². The summed E-state index contributed by atoms with van der Waals surface area (Å²) in [6.07, 6.45) is 3.45. The third-order valence-electron chi connectivity index (χ3n) is 2.92. The van der Waals surface area contributed by atoms with E-state index in [1.807, 2.05) is 0 Å². The Morgan fingerprint density at radius 3 is 2.86 bits per heavy atom. The number of rotatable bonds is 5. The maximum absolute atomic E-state index is 12.5. The quantitative estimate of drug-likeness (QED) is 0.718. The average molecular weight is 326 g/mol. The lowest BCUT2D eigenvalue weighted by atomic mass is 10.4. The molecule has 0 saturated heterocycles. The van der Waals surface area contributed by atoms with Gasteiger partial charge in [0.25, 0.3) is 10.0 Å². The SMILES string of the molecule is CNc1nc2sccn2c1S(=O)(=O)NCc1ccn(C)n1. The second-order valence-corrected chi connectivity index (χ2v) is 6.93. The van der Waals surface area contributed by atoms with Gasteiger partial charge in [0.1, 0.15) is 0 Å². The van der Waals surface area contributed by atoms with E-state index in [-0.39, 0.29) is 11.6 Å².